The number of nitrogens with one attached hydrogen (secondary N) is 1. The summed E-state index contributed by atoms with van der Waals surface area (Å²) in [6.45, 7) is 3.71. The molecule has 5 aliphatic rings. The fourth-order valence-electron chi connectivity index (χ4n) is 9.80. The van der Waals surface area contributed by atoms with E-state index in [9.17, 15) is 42.5 Å². The lowest BCUT2D eigenvalue weighted by atomic mass is 9.45. The number of hydrogen-bond acceptors (Lipinski definition) is 13. The number of allylic oxidation sites excluding steroid dienone is 3. The molecular formula is C38H52F3NO14P2S. The van der Waals surface area contributed by atoms with Crippen molar-refractivity contribution in [3.05, 3.63) is 23.5 Å². The zero-order valence-electron chi connectivity index (χ0n) is 33.4. The average molecular weight is 898 g/mol. The topological polar surface area (TPSA) is 210 Å². The van der Waals surface area contributed by atoms with Crippen molar-refractivity contribution in [3.8, 4) is 11.8 Å². The highest BCUT2D eigenvalue weighted by molar-refractivity contribution is 8.13. The monoisotopic (exact) mass is 897 g/mol. The first-order valence-electron chi connectivity index (χ1n) is 19.6. The van der Waals surface area contributed by atoms with Gasteiger partial charge >= 0.3 is 21.6 Å². The number of halogens is 3. The molecule has 21 heteroatoms. The Labute approximate surface area is 345 Å². The standard InChI is InChI=1S/C38H52F3NO14P2S/c1-5-33(45)55-38(34(46)59-22-39)24(2)17-27-28-20-30(40)29-18-25(43)19-31(36(29,4)37(28,41)14-13-35(27,38)3)52-23-54-58(49,50)56-57(47,48)53-16-15-42-32(44)21-51-26-11-9-7-6-8-10-12-26/h18-19,24,26-28,30H,5-9,11,13-17,20-23H2,1-4H3,(H,42,44)(H,47,48)(H,49,50). The van der Waals surface area contributed by atoms with Crippen molar-refractivity contribution in [2.24, 2.45) is 28.6 Å². The lowest BCUT2D eigenvalue weighted by Crippen LogP contribution is -2.66. The van der Waals surface area contributed by atoms with E-state index in [1.165, 1.54) is 13.8 Å². The quantitative estimate of drug-likeness (QED) is 0.0469. The second-order valence-electron chi connectivity index (χ2n) is 15.9. The molecule has 1 amide bonds. The van der Waals surface area contributed by atoms with Gasteiger partial charge in [0, 0.05) is 42.7 Å². The van der Waals surface area contributed by atoms with Crippen LogP contribution >= 0.6 is 27.4 Å². The minimum absolute atomic E-state index is 0.0687. The van der Waals surface area contributed by atoms with Gasteiger partial charge in [-0.2, -0.15) is 4.31 Å². The first kappa shape index (κ1) is 47.5. The molecule has 0 aromatic heterocycles. The van der Waals surface area contributed by atoms with Gasteiger partial charge in [-0.05, 0) is 81.2 Å². The zero-order chi connectivity index (χ0) is 43.4. The number of rotatable bonds is 17. The number of phosphoric acid groups is 2. The number of thioether (sulfide) groups is 1. The maximum Gasteiger partial charge on any atom is 0.484 e. The molecule has 5 aliphatic carbocycles. The van der Waals surface area contributed by atoms with Crippen LogP contribution in [0, 0.1) is 40.4 Å². The molecule has 11 atom stereocenters. The van der Waals surface area contributed by atoms with Crippen molar-refractivity contribution in [2.75, 3.05) is 32.6 Å². The number of amides is 1. The van der Waals surface area contributed by atoms with Crippen molar-refractivity contribution >= 4 is 50.2 Å². The molecule has 0 aromatic rings. The van der Waals surface area contributed by atoms with Gasteiger partial charge in [0.25, 0.3) is 0 Å². The SMILES string of the molecule is CCC(=O)OC1(C(=O)SCF)C(C)CC2C3CC(F)C4=CC(=O)C=C(OCOP(=O)(O)OP(=O)(O)OCCNC(=O)COC5C#CCCCCC5)C4(C)C3(F)CCC21C. The van der Waals surface area contributed by atoms with Crippen LogP contribution in [-0.4, -0.2) is 88.7 Å². The van der Waals surface area contributed by atoms with E-state index < -0.39 is 122 Å². The largest absolute Gasteiger partial charge is 0.484 e. The Bertz CT molecular complexity index is 1880. The fraction of sp³-hybridized carbons (Fsp3) is 0.737. The Hall–Kier alpha value is -2.52. The maximum absolute atomic E-state index is 18.2. The molecule has 0 radical (unpaired) electrons. The third-order valence-electron chi connectivity index (χ3n) is 12.6. The highest BCUT2D eigenvalue weighted by Gasteiger charge is 2.77. The second-order valence-corrected chi connectivity index (χ2v) is 19.8. The van der Waals surface area contributed by atoms with Crippen LogP contribution in [0.2, 0.25) is 0 Å². The third-order valence-corrected chi connectivity index (χ3v) is 15.9. The summed E-state index contributed by atoms with van der Waals surface area (Å²) in [5.41, 5.74) is -7.69. The number of ketones is 1. The minimum atomic E-state index is -5.47. The lowest BCUT2D eigenvalue weighted by Gasteiger charge is -2.62. The summed E-state index contributed by atoms with van der Waals surface area (Å²) in [6, 6.07) is -1.09. The van der Waals surface area contributed by atoms with Crippen LogP contribution in [0.3, 0.4) is 0 Å². The van der Waals surface area contributed by atoms with Crippen molar-refractivity contribution < 1.29 is 78.8 Å². The fourth-order valence-corrected chi connectivity index (χ4v) is 12.5. The molecule has 11 unspecified atom stereocenters. The summed E-state index contributed by atoms with van der Waals surface area (Å²) < 4.78 is 104. The molecule has 3 saturated carbocycles. The van der Waals surface area contributed by atoms with Gasteiger partial charge in [-0.1, -0.05) is 33.1 Å². The van der Waals surface area contributed by atoms with E-state index in [2.05, 4.69) is 26.0 Å². The van der Waals surface area contributed by atoms with Gasteiger partial charge < -0.3 is 29.3 Å². The van der Waals surface area contributed by atoms with Crippen LogP contribution in [0.1, 0.15) is 91.9 Å². The number of hydrogen-bond donors (Lipinski definition) is 3. The van der Waals surface area contributed by atoms with E-state index >= 15 is 8.78 Å². The number of carbonyl (C=O) groups is 4. The van der Waals surface area contributed by atoms with Crippen LogP contribution in [-0.2, 0) is 55.9 Å². The lowest BCUT2D eigenvalue weighted by molar-refractivity contribution is -0.203. The summed E-state index contributed by atoms with van der Waals surface area (Å²) >= 11 is 0.354. The Balaban J connectivity index is 1.23. The molecule has 3 N–H and O–H groups in total. The maximum atomic E-state index is 18.2. The Morgan fingerprint density at radius 1 is 1.05 bits per heavy atom. The van der Waals surface area contributed by atoms with Crippen molar-refractivity contribution in [1.82, 2.24) is 5.32 Å². The smallest absolute Gasteiger partial charge is 0.470 e. The predicted octanol–water partition coefficient (Wildman–Crippen LogP) is 6.48. The first-order chi connectivity index (χ1) is 27.7. The molecule has 0 aromatic carbocycles. The van der Waals surface area contributed by atoms with Gasteiger partial charge in [-0.15, -0.1) is 5.92 Å². The van der Waals surface area contributed by atoms with Gasteiger partial charge in [-0.25, -0.2) is 26.8 Å². The highest BCUT2D eigenvalue weighted by Crippen LogP contribution is 2.73. The minimum Gasteiger partial charge on any atom is -0.470 e. The third kappa shape index (κ3) is 9.61. The molecule has 0 aliphatic heterocycles. The predicted molar refractivity (Wildman–Crippen MR) is 206 cm³/mol. The summed E-state index contributed by atoms with van der Waals surface area (Å²) in [7, 11) is -10.8. The van der Waals surface area contributed by atoms with E-state index in [1.54, 1.807) is 13.8 Å². The van der Waals surface area contributed by atoms with Crippen LogP contribution in [0.4, 0.5) is 13.2 Å². The summed E-state index contributed by atoms with van der Waals surface area (Å²) in [5.74, 6) is 0.849. The number of alkyl halides is 3. The van der Waals surface area contributed by atoms with Gasteiger partial charge in [0.05, 0.1) is 12.0 Å². The van der Waals surface area contributed by atoms with Crippen molar-refractivity contribution in [3.63, 3.8) is 0 Å². The van der Waals surface area contributed by atoms with Crippen molar-refractivity contribution in [1.29, 1.82) is 0 Å². The van der Waals surface area contributed by atoms with Gasteiger partial charge in [0.1, 0.15) is 36.3 Å². The Morgan fingerprint density at radius 3 is 2.49 bits per heavy atom. The number of ether oxygens (including phenoxy) is 3. The summed E-state index contributed by atoms with van der Waals surface area (Å²) in [4.78, 5) is 71.8. The van der Waals surface area contributed by atoms with E-state index in [0.29, 0.717) is 18.2 Å². The van der Waals surface area contributed by atoms with E-state index in [4.69, 9.17) is 18.7 Å². The highest BCUT2D eigenvalue weighted by atomic mass is 32.2. The number of carbonyl (C=O) groups excluding carboxylic acids is 4. The van der Waals surface area contributed by atoms with Crippen LogP contribution in [0.15, 0.2) is 23.5 Å². The van der Waals surface area contributed by atoms with E-state index in [1.807, 2.05) is 0 Å². The number of esters is 1. The molecule has 0 saturated heterocycles. The van der Waals surface area contributed by atoms with Crippen LogP contribution in [0.5, 0.6) is 0 Å². The van der Waals surface area contributed by atoms with E-state index in [0.717, 1.165) is 37.8 Å². The Morgan fingerprint density at radius 2 is 1.78 bits per heavy atom. The first-order valence-corrected chi connectivity index (χ1v) is 23.6. The molecule has 3 fully saturated rings. The molecule has 0 spiro atoms. The molecule has 330 valence electrons. The normalized spacial score (nSPS) is 35.9. The van der Waals surface area contributed by atoms with Crippen LogP contribution < -0.4 is 5.32 Å². The number of phosphoric ester groups is 2. The van der Waals surface area contributed by atoms with Gasteiger partial charge in [-0.3, -0.25) is 23.7 Å². The molecule has 59 heavy (non-hydrogen) atoms. The molecule has 0 heterocycles. The molecular weight excluding hydrogens is 845 g/mol. The van der Waals surface area contributed by atoms with Crippen molar-refractivity contribution in [2.45, 2.75) is 115 Å². The average Bonchev–Trinajstić information content (AvgIpc) is 3.37. The second kappa shape index (κ2) is 18.8. The van der Waals surface area contributed by atoms with Crippen LogP contribution in [0.25, 0.3) is 0 Å². The molecule has 15 nitrogen and oxygen atoms in total. The summed E-state index contributed by atoms with van der Waals surface area (Å²) in [6.07, 6.45) is 3.16. The van der Waals surface area contributed by atoms with Gasteiger partial charge in [0.2, 0.25) is 11.0 Å². The molecule has 5 rings (SSSR count). The Kier molecular flexibility index (Phi) is 15.2. The zero-order valence-corrected chi connectivity index (χ0v) is 36.0. The number of fused-ring (bicyclic) bond motifs is 5. The summed E-state index contributed by atoms with van der Waals surface area (Å²) in [5, 5.41) is 1.68. The van der Waals surface area contributed by atoms with E-state index in [-0.39, 0.29) is 44.4 Å². The van der Waals surface area contributed by atoms with Gasteiger partial charge in [0.15, 0.2) is 18.2 Å². The molecule has 0 bridgehead atoms.